The number of nitrogens with zero attached hydrogens (tertiary/aromatic N) is 3. The van der Waals surface area contributed by atoms with Gasteiger partial charge in [-0.25, -0.2) is 0 Å². The minimum absolute atomic E-state index is 0.0187. The van der Waals surface area contributed by atoms with Gasteiger partial charge in [0.1, 0.15) is 5.75 Å². The Kier molecular flexibility index (Phi) is 8.09. The normalized spacial score (nSPS) is 18.4. The minimum Gasteiger partial charge on any atom is -0.495 e. The number of aromatic nitrogens is 1. The number of ether oxygens (including phenoxy) is 1. The Morgan fingerprint density at radius 3 is 2.67 bits per heavy atom. The average molecular weight is 543 g/mol. The summed E-state index contributed by atoms with van der Waals surface area (Å²) in [6, 6.07) is 15.4. The summed E-state index contributed by atoms with van der Waals surface area (Å²) >= 11 is 0. The van der Waals surface area contributed by atoms with Gasteiger partial charge in [0.05, 0.1) is 19.4 Å². The van der Waals surface area contributed by atoms with Gasteiger partial charge >= 0.3 is 0 Å². The predicted octanol–water partition coefficient (Wildman–Crippen LogP) is 3.96. The van der Waals surface area contributed by atoms with Gasteiger partial charge in [-0.2, -0.15) is 0 Å². The molecular weight excluding hydrogens is 504 g/mol. The first-order chi connectivity index (χ1) is 19.3. The van der Waals surface area contributed by atoms with Gasteiger partial charge in [-0.1, -0.05) is 24.3 Å². The van der Waals surface area contributed by atoms with Crippen molar-refractivity contribution in [3.8, 4) is 11.4 Å². The number of carbonyl (C=O) groups excluding carboxylic acids is 2. The van der Waals surface area contributed by atoms with E-state index in [0.29, 0.717) is 24.4 Å². The van der Waals surface area contributed by atoms with Crippen LogP contribution >= 0.6 is 0 Å². The molecule has 0 radical (unpaired) electrons. The average Bonchev–Trinajstić information content (AvgIpc) is 3.57. The number of nitrogens with one attached hydrogen (secondary N) is 1. The molecule has 0 saturated heterocycles. The maximum Gasteiger partial charge on any atom is 0.258 e. The number of benzene rings is 2. The van der Waals surface area contributed by atoms with Crippen molar-refractivity contribution in [2.45, 2.75) is 32.3 Å². The third-order valence-corrected chi connectivity index (χ3v) is 8.05. The zero-order chi connectivity index (χ0) is 28.3. The number of carbonyl (C=O) groups is 2. The SMILES string of the molecule is COc1cc(C(=O)N2CCC3(C=C(C(=O)NCCN(C)C)CC3)Cc3ccccc32)ccc1-n1ccc(CO)c1. The van der Waals surface area contributed by atoms with Crippen LogP contribution in [0.2, 0.25) is 0 Å². The Bertz CT molecular complexity index is 1430. The Morgan fingerprint density at radius 1 is 1.10 bits per heavy atom. The molecule has 1 aromatic heterocycles. The first-order valence-electron chi connectivity index (χ1n) is 13.8. The molecule has 210 valence electrons. The highest BCUT2D eigenvalue weighted by molar-refractivity contribution is 6.07. The van der Waals surface area contributed by atoms with Crippen LogP contribution in [0.25, 0.3) is 5.69 Å². The standard InChI is InChI=1S/C32H38N4O4/c1-34(2)17-14-33-30(38)26-10-12-32(20-26)13-16-36(27-7-5-4-6-25(27)19-32)31(39)24-8-9-28(29(18-24)40-3)35-15-11-23(21-35)22-37/h4-9,11,15,18,20-21,37H,10,12-14,16-17,19,22H2,1-3H3,(H,33,38). The lowest BCUT2D eigenvalue weighted by Crippen LogP contribution is -2.33. The highest BCUT2D eigenvalue weighted by Gasteiger charge is 2.39. The largest absolute Gasteiger partial charge is 0.495 e. The van der Waals surface area contributed by atoms with Crippen molar-refractivity contribution in [2.75, 3.05) is 45.7 Å². The molecule has 1 atom stereocenters. The van der Waals surface area contributed by atoms with Crippen molar-refractivity contribution >= 4 is 17.5 Å². The molecule has 0 bridgehead atoms. The van der Waals surface area contributed by atoms with Gasteiger partial charge in [0.15, 0.2) is 0 Å². The monoisotopic (exact) mass is 542 g/mol. The van der Waals surface area contributed by atoms with E-state index in [-0.39, 0.29) is 23.8 Å². The summed E-state index contributed by atoms with van der Waals surface area (Å²) in [5.41, 5.74) is 4.87. The third kappa shape index (κ3) is 5.69. The van der Waals surface area contributed by atoms with Crippen LogP contribution < -0.4 is 15.0 Å². The second kappa shape index (κ2) is 11.7. The number of likely N-dealkylation sites (N-methyl/N-ethyl adjacent to an activating group) is 1. The molecule has 8 heteroatoms. The summed E-state index contributed by atoms with van der Waals surface area (Å²) in [6.45, 7) is 1.94. The molecule has 40 heavy (non-hydrogen) atoms. The van der Waals surface area contributed by atoms with Gasteiger partial charge in [-0.15, -0.1) is 0 Å². The van der Waals surface area contributed by atoms with Crippen LogP contribution in [0.1, 0.15) is 40.7 Å². The molecule has 1 spiro atoms. The van der Waals surface area contributed by atoms with Crippen molar-refractivity contribution in [2.24, 2.45) is 5.41 Å². The number of amides is 2. The summed E-state index contributed by atoms with van der Waals surface area (Å²) in [5.74, 6) is 0.515. The Balaban J connectivity index is 1.39. The number of aliphatic hydroxyl groups excluding tert-OH is 1. The summed E-state index contributed by atoms with van der Waals surface area (Å²) < 4.78 is 7.54. The molecule has 2 amide bonds. The first kappa shape index (κ1) is 27.7. The van der Waals surface area contributed by atoms with Crippen LogP contribution in [0.4, 0.5) is 5.69 Å². The molecule has 5 rings (SSSR count). The number of fused-ring (bicyclic) bond motifs is 1. The molecule has 1 aliphatic carbocycles. The molecule has 1 unspecified atom stereocenters. The van der Waals surface area contributed by atoms with E-state index in [1.54, 1.807) is 13.2 Å². The summed E-state index contributed by atoms with van der Waals surface area (Å²) in [6.07, 6.45) is 9.11. The Labute approximate surface area is 235 Å². The second-order valence-corrected chi connectivity index (χ2v) is 11.1. The second-order valence-electron chi connectivity index (χ2n) is 11.1. The van der Waals surface area contributed by atoms with Crippen molar-refractivity contribution in [1.29, 1.82) is 0 Å². The molecule has 3 aromatic rings. The lowest BCUT2D eigenvalue weighted by atomic mass is 9.79. The molecule has 0 fully saturated rings. The van der Waals surface area contributed by atoms with Crippen LogP contribution in [0.15, 0.2) is 72.6 Å². The third-order valence-electron chi connectivity index (χ3n) is 8.05. The van der Waals surface area contributed by atoms with Crippen LogP contribution in [0, 0.1) is 5.41 Å². The van der Waals surface area contributed by atoms with Gasteiger partial charge in [0, 0.05) is 48.9 Å². The van der Waals surface area contributed by atoms with E-state index in [2.05, 4.69) is 22.4 Å². The van der Waals surface area contributed by atoms with Crippen LogP contribution in [0.3, 0.4) is 0 Å². The van der Waals surface area contributed by atoms with Crippen LogP contribution in [0.5, 0.6) is 5.75 Å². The number of methoxy groups -OCH3 is 1. The number of hydrogen-bond donors (Lipinski definition) is 2. The van der Waals surface area contributed by atoms with E-state index in [1.165, 1.54) is 0 Å². The Hall–Kier alpha value is -3.88. The van der Waals surface area contributed by atoms with Gasteiger partial charge in [-0.05, 0) is 86.7 Å². The molecule has 2 heterocycles. The van der Waals surface area contributed by atoms with Gasteiger partial charge in [0.25, 0.3) is 5.91 Å². The summed E-state index contributed by atoms with van der Waals surface area (Å²) in [5, 5.41) is 12.5. The van der Waals surface area contributed by atoms with Crippen molar-refractivity contribution in [3.05, 3.63) is 89.3 Å². The fraction of sp³-hybridized carbons (Fsp3) is 0.375. The number of aliphatic hydroxyl groups is 1. The highest BCUT2D eigenvalue weighted by Crippen LogP contribution is 2.46. The molecule has 2 aliphatic rings. The van der Waals surface area contributed by atoms with Gasteiger partial charge in [-0.3, -0.25) is 9.59 Å². The highest BCUT2D eigenvalue weighted by atomic mass is 16.5. The number of para-hydroxylation sites is 1. The van der Waals surface area contributed by atoms with Crippen molar-refractivity contribution < 1.29 is 19.4 Å². The van der Waals surface area contributed by atoms with E-state index >= 15 is 0 Å². The van der Waals surface area contributed by atoms with Crippen LogP contribution in [-0.2, 0) is 17.8 Å². The van der Waals surface area contributed by atoms with Crippen LogP contribution in [-0.4, -0.2) is 67.2 Å². The first-order valence-corrected chi connectivity index (χ1v) is 13.8. The van der Waals surface area contributed by atoms with E-state index in [1.807, 2.05) is 72.4 Å². The van der Waals surface area contributed by atoms with Crippen molar-refractivity contribution in [1.82, 2.24) is 14.8 Å². The summed E-state index contributed by atoms with van der Waals surface area (Å²) in [4.78, 5) is 30.8. The van der Waals surface area contributed by atoms with E-state index < -0.39 is 0 Å². The number of hydrogen-bond acceptors (Lipinski definition) is 5. The molecule has 2 aromatic carbocycles. The minimum atomic E-state index is -0.153. The van der Waals surface area contributed by atoms with E-state index in [0.717, 1.165) is 60.3 Å². The zero-order valence-corrected chi connectivity index (χ0v) is 23.5. The van der Waals surface area contributed by atoms with E-state index in [4.69, 9.17) is 4.74 Å². The topological polar surface area (TPSA) is 87.0 Å². The summed E-state index contributed by atoms with van der Waals surface area (Å²) in [7, 11) is 5.58. The molecule has 8 nitrogen and oxygen atoms in total. The van der Waals surface area contributed by atoms with E-state index in [9.17, 15) is 14.7 Å². The lowest BCUT2D eigenvalue weighted by Gasteiger charge is -2.26. The predicted molar refractivity (Wildman–Crippen MR) is 156 cm³/mol. The maximum atomic E-state index is 14.0. The fourth-order valence-electron chi connectivity index (χ4n) is 5.84. The van der Waals surface area contributed by atoms with Gasteiger partial charge < -0.3 is 29.5 Å². The number of allylic oxidation sites excluding steroid dienone is 1. The van der Waals surface area contributed by atoms with Crippen molar-refractivity contribution in [3.63, 3.8) is 0 Å². The molecule has 2 N–H and O–H groups in total. The zero-order valence-electron chi connectivity index (χ0n) is 23.5. The maximum absolute atomic E-state index is 14.0. The quantitative estimate of drug-likeness (QED) is 0.450. The number of anilines is 1. The molecule has 0 saturated carbocycles. The smallest absolute Gasteiger partial charge is 0.258 e. The molecular formula is C32H38N4O4. The van der Waals surface area contributed by atoms with Gasteiger partial charge in [0.2, 0.25) is 5.91 Å². The lowest BCUT2D eigenvalue weighted by molar-refractivity contribution is -0.117. The fourth-order valence-corrected chi connectivity index (χ4v) is 5.84. The molecule has 1 aliphatic heterocycles. The number of rotatable bonds is 8. The Morgan fingerprint density at radius 2 is 1.93 bits per heavy atom.